The first kappa shape index (κ1) is 8.26. The lowest BCUT2D eigenvalue weighted by Crippen LogP contribution is -3.20. The first-order valence-electron chi connectivity index (χ1n) is 4.72. The quantitative estimate of drug-likeness (QED) is 0.469. The number of hydrogen-bond acceptors (Lipinski definition) is 1. The number of quaternary nitrogens is 1. The molecule has 2 rings (SSSR count). The second-order valence-corrected chi connectivity index (χ2v) is 4.08. The number of rotatable bonds is 1. The van der Waals surface area contributed by atoms with Crippen molar-refractivity contribution >= 4 is 17.3 Å². The fourth-order valence-electron chi connectivity index (χ4n) is 2.14. The third-order valence-electron chi connectivity index (χ3n) is 2.88. The van der Waals surface area contributed by atoms with Crippen molar-refractivity contribution in [2.45, 2.75) is 31.7 Å². The van der Waals surface area contributed by atoms with Crippen molar-refractivity contribution < 1.29 is 4.90 Å². The maximum atomic E-state index is 5.00. The van der Waals surface area contributed by atoms with Gasteiger partial charge in [-0.3, -0.25) is 4.90 Å². The minimum absolute atomic E-state index is 0.816. The van der Waals surface area contributed by atoms with Crippen molar-refractivity contribution in [2.75, 3.05) is 13.3 Å². The molecule has 2 aliphatic rings. The summed E-state index contributed by atoms with van der Waals surface area (Å²) in [5.74, 6) is 0. The largest absolute Gasteiger partial charge is 0.316 e. The zero-order chi connectivity index (χ0) is 8.39. The van der Waals surface area contributed by atoms with Crippen molar-refractivity contribution in [3.05, 3.63) is 0 Å². The molecule has 4 heteroatoms. The molecule has 0 atom stereocenters. The Morgan fingerprint density at radius 3 is 2.33 bits per heavy atom. The Labute approximate surface area is 78.5 Å². The Kier molecular flexibility index (Phi) is 2.46. The van der Waals surface area contributed by atoms with E-state index in [1.807, 2.05) is 0 Å². The number of nitrogens with one attached hydrogen (secondary N) is 3. The van der Waals surface area contributed by atoms with Crippen LogP contribution >= 0.6 is 12.2 Å². The van der Waals surface area contributed by atoms with E-state index in [-0.39, 0.29) is 0 Å². The molecule has 1 heterocycles. The zero-order valence-electron chi connectivity index (χ0n) is 7.23. The fourth-order valence-corrected chi connectivity index (χ4v) is 2.28. The van der Waals surface area contributed by atoms with Gasteiger partial charge < -0.3 is 10.6 Å². The molecule has 0 aromatic carbocycles. The summed E-state index contributed by atoms with van der Waals surface area (Å²) in [5, 5.41) is 7.20. The van der Waals surface area contributed by atoms with Gasteiger partial charge in [-0.05, 0) is 37.9 Å². The van der Waals surface area contributed by atoms with Gasteiger partial charge in [-0.15, -0.1) is 0 Å². The van der Waals surface area contributed by atoms with Gasteiger partial charge in [0.1, 0.15) is 0 Å². The normalized spacial score (nSPS) is 26.8. The molecule has 3 N–H and O–H groups in total. The van der Waals surface area contributed by atoms with E-state index in [9.17, 15) is 0 Å². The van der Waals surface area contributed by atoms with E-state index in [2.05, 4.69) is 10.6 Å². The van der Waals surface area contributed by atoms with E-state index in [1.165, 1.54) is 25.7 Å². The molecule has 2 fully saturated rings. The average molecular weight is 186 g/mol. The molecule has 1 saturated carbocycles. The van der Waals surface area contributed by atoms with Crippen LogP contribution in [0, 0.1) is 0 Å². The van der Waals surface area contributed by atoms with Gasteiger partial charge in [0.2, 0.25) is 0 Å². The van der Waals surface area contributed by atoms with Crippen molar-refractivity contribution in [3.63, 3.8) is 0 Å². The second kappa shape index (κ2) is 3.58. The predicted octanol–water partition coefficient (Wildman–Crippen LogP) is -0.793. The standard InChI is InChI=1S/C8H15N3S/c12-8-9-5-11(6-10-8)7-3-1-2-4-7/h7H,1-6H2,(H2,9,10,12)/p+1. The summed E-state index contributed by atoms with van der Waals surface area (Å²) in [6.45, 7) is 2.02. The Hall–Kier alpha value is -0.350. The van der Waals surface area contributed by atoms with E-state index in [1.54, 1.807) is 4.90 Å². The lowest BCUT2D eigenvalue weighted by molar-refractivity contribution is -0.930. The highest BCUT2D eigenvalue weighted by atomic mass is 32.1. The van der Waals surface area contributed by atoms with Crippen LogP contribution in [0.1, 0.15) is 25.7 Å². The van der Waals surface area contributed by atoms with Gasteiger partial charge in [-0.1, -0.05) is 0 Å². The molecular formula is C8H16N3S+. The van der Waals surface area contributed by atoms with E-state index in [0.717, 1.165) is 24.5 Å². The summed E-state index contributed by atoms with van der Waals surface area (Å²) in [5.41, 5.74) is 0. The summed E-state index contributed by atoms with van der Waals surface area (Å²) in [6.07, 6.45) is 5.62. The Morgan fingerprint density at radius 2 is 1.75 bits per heavy atom. The van der Waals surface area contributed by atoms with Gasteiger partial charge in [0, 0.05) is 0 Å². The summed E-state index contributed by atoms with van der Waals surface area (Å²) in [4.78, 5) is 1.63. The summed E-state index contributed by atoms with van der Waals surface area (Å²) >= 11 is 5.00. The molecule has 0 radical (unpaired) electrons. The highest BCUT2D eigenvalue weighted by Crippen LogP contribution is 2.15. The molecule has 12 heavy (non-hydrogen) atoms. The molecule has 0 aromatic rings. The molecule has 1 aliphatic heterocycles. The summed E-state index contributed by atoms with van der Waals surface area (Å²) < 4.78 is 0. The first-order valence-corrected chi connectivity index (χ1v) is 5.13. The molecule has 0 amide bonds. The van der Waals surface area contributed by atoms with Gasteiger partial charge in [0.15, 0.2) is 18.4 Å². The third kappa shape index (κ3) is 1.69. The first-order chi connectivity index (χ1) is 5.86. The van der Waals surface area contributed by atoms with Crippen LogP contribution in [0.25, 0.3) is 0 Å². The highest BCUT2D eigenvalue weighted by molar-refractivity contribution is 7.80. The van der Waals surface area contributed by atoms with E-state index in [0.29, 0.717) is 0 Å². The minimum Gasteiger partial charge on any atom is -0.316 e. The Bertz CT molecular complexity index is 167. The van der Waals surface area contributed by atoms with E-state index >= 15 is 0 Å². The molecule has 0 bridgehead atoms. The van der Waals surface area contributed by atoms with Crippen LogP contribution in [-0.4, -0.2) is 24.5 Å². The van der Waals surface area contributed by atoms with Crippen molar-refractivity contribution in [1.29, 1.82) is 0 Å². The molecule has 68 valence electrons. The van der Waals surface area contributed by atoms with Gasteiger partial charge >= 0.3 is 0 Å². The van der Waals surface area contributed by atoms with Crippen LogP contribution in [0.4, 0.5) is 0 Å². The molecule has 0 unspecified atom stereocenters. The lowest BCUT2D eigenvalue weighted by atomic mass is 10.2. The summed E-state index contributed by atoms with van der Waals surface area (Å²) in [6, 6.07) is 0.869. The van der Waals surface area contributed by atoms with Gasteiger partial charge in [0.25, 0.3) is 0 Å². The molecular weight excluding hydrogens is 170 g/mol. The fraction of sp³-hybridized carbons (Fsp3) is 0.875. The van der Waals surface area contributed by atoms with E-state index in [4.69, 9.17) is 12.2 Å². The third-order valence-corrected chi connectivity index (χ3v) is 3.17. The van der Waals surface area contributed by atoms with Gasteiger partial charge in [-0.2, -0.15) is 0 Å². The van der Waals surface area contributed by atoms with Crippen LogP contribution in [0.15, 0.2) is 0 Å². The molecule has 1 aliphatic carbocycles. The van der Waals surface area contributed by atoms with Crippen molar-refractivity contribution in [1.82, 2.24) is 10.6 Å². The smallest absolute Gasteiger partial charge is 0.174 e. The number of thiocarbonyl (C=S) groups is 1. The second-order valence-electron chi connectivity index (χ2n) is 3.68. The summed E-state index contributed by atoms with van der Waals surface area (Å²) in [7, 11) is 0. The highest BCUT2D eigenvalue weighted by Gasteiger charge is 2.27. The lowest BCUT2D eigenvalue weighted by Gasteiger charge is -2.30. The zero-order valence-corrected chi connectivity index (χ0v) is 8.04. The van der Waals surface area contributed by atoms with Crippen LogP contribution in [0.3, 0.4) is 0 Å². The molecule has 0 aromatic heterocycles. The van der Waals surface area contributed by atoms with Crippen LogP contribution in [0.5, 0.6) is 0 Å². The average Bonchev–Trinajstić information content (AvgIpc) is 2.58. The maximum absolute atomic E-state index is 5.00. The van der Waals surface area contributed by atoms with Crippen LogP contribution in [-0.2, 0) is 0 Å². The Morgan fingerprint density at radius 1 is 1.17 bits per heavy atom. The van der Waals surface area contributed by atoms with Gasteiger partial charge in [0.05, 0.1) is 6.04 Å². The minimum atomic E-state index is 0.816. The van der Waals surface area contributed by atoms with Crippen molar-refractivity contribution in [2.24, 2.45) is 0 Å². The SMILES string of the molecule is S=C1NC[NH+](C2CCCC2)CN1. The molecule has 0 spiro atoms. The predicted molar refractivity (Wildman–Crippen MR) is 51.8 cm³/mol. The topological polar surface area (TPSA) is 28.5 Å². The molecule has 3 nitrogen and oxygen atoms in total. The maximum Gasteiger partial charge on any atom is 0.174 e. The van der Waals surface area contributed by atoms with E-state index < -0.39 is 0 Å². The molecule has 1 saturated heterocycles. The van der Waals surface area contributed by atoms with Crippen LogP contribution < -0.4 is 15.5 Å². The Balaban J connectivity index is 1.84. The van der Waals surface area contributed by atoms with Crippen molar-refractivity contribution in [3.8, 4) is 0 Å². The number of hydrogen-bond donors (Lipinski definition) is 3. The van der Waals surface area contributed by atoms with Crippen LogP contribution in [0.2, 0.25) is 0 Å². The monoisotopic (exact) mass is 186 g/mol. The van der Waals surface area contributed by atoms with Gasteiger partial charge in [-0.25, -0.2) is 0 Å².